The lowest BCUT2D eigenvalue weighted by atomic mass is 9.80. The van der Waals surface area contributed by atoms with Gasteiger partial charge in [-0.2, -0.15) is 0 Å². The van der Waals surface area contributed by atoms with Crippen molar-refractivity contribution in [2.75, 3.05) is 11.9 Å². The molecule has 1 atom stereocenters. The van der Waals surface area contributed by atoms with Crippen molar-refractivity contribution in [1.29, 1.82) is 0 Å². The van der Waals surface area contributed by atoms with Crippen LogP contribution in [0.2, 0.25) is 0 Å². The number of hydrogen-bond acceptors (Lipinski definition) is 1. The number of benzene rings is 2. The van der Waals surface area contributed by atoms with E-state index in [1.54, 1.807) is 0 Å². The van der Waals surface area contributed by atoms with E-state index in [2.05, 4.69) is 101 Å². The summed E-state index contributed by atoms with van der Waals surface area (Å²) in [5, 5.41) is 3.70. The molecule has 2 aromatic carbocycles. The second kappa shape index (κ2) is 12.9. The summed E-state index contributed by atoms with van der Waals surface area (Å²) in [5.74, 6) is 0.769. The highest BCUT2D eigenvalue weighted by Crippen LogP contribution is 2.31. The number of unbranched alkanes of at least 4 members (excludes halogenated alkanes) is 1. The summed E-state index contributed by atoms with van der Waals surface area (Å²) >= 11 is 0. The van der Waals surface area contributed by atoms with Crippen LogP contribution in [-0.2, 0) is 6.42 Å². The van der Waals surface area contributed by atoms with Crippen molar-refractivity contribution in [3.05, 3.63) is 66.2 Å². The fourth-order valence-corrected chi connectivity index (χ4v) is 4.49. The van der Waals surface area contributed by atoms with E-state index in [0.29, 0.717) is 10.8 Å². The number of para-hydroxylation sites is 1. The highest BCUT2D eigenvalue weighted by Gasteiger charge is 2.19. The summed E-state index contributed by atoms with van der Waals surface area (Å²) in [5.41, 5.74) is 3.59. The lowest BCUT2D eigenvalue weighted by Gasteiger charge is -2.26. The van der Waals surface area contributed by atoms with Crippen LogP contribution in [0.5, 0.6) is 0 Å². The molecule has 0 saturated heterocycles. The number of anilines is 1. The molecule has 2 rings (SSSR count). The molecule has 0 amide bonds. The van der Waals surface area contributed by atoms with Crippen LogP contribution in [-0.4, -0.2) is 6.54 Å². The van der Waals surface area contributed by atoms with Gasteiger partial charge in [-0.3, -0.25) is 0 Å². The van der Waals surface area contributed by atoms with Crippen molar-refractivity contribution < 1.29 is 0 Å². The molecular formula is C30H47N. The van der Waals surface area contributed by atoms with Gasteiger partial charge in [-0.15, -0.1) is 0 Å². The minimum atomic E-state index is 0.379. The molecule has 0 bridgehead atoms. The van der Waals surface area contributed by atoms with E-state index >= 15 is 0 Å². The van der Waals surface area contributed by atoms with Gasteiger partial charge in [0.2, 0.25) is 0 Å². The van der Waals surface area contributed by atoms with Gasteiger partial charge in [0.05, 0.1) is 0 Å². The summed E-state index contributed by atoms with van der Waals surface area (Å²) in [6.07, 6.45) is 11.8. The Kier molecular flexibility index (Phi) is 10.6. The van der Waals surface area contributed by atoms with Crippen LogP contribution < -0.4 is 5.32 Å². The summed E-state index contributed by atoms with van der Waals surface area (Å²) < 4.78 is 0. The van der Waals surface area contributed by atoms with E-state index < -0.39 is 0 Å². The maximum Gasteiger partial charge on any atom is 0.0340 e. The molecule has 0 spiro atoms. The normalized spacial score (nSPS) is 13.2. The van der Waals surface area contributed by atoms with Gasteiger partial charge in [-0.05, 0) is 66.5 Å². The Morgan fingerprint density at radius 2 is 1.29 bits per heavy atom. The molecule has 0 aliphatic heterocycles. The van der Waals surface area contributed by atoms with Crippen molar-refractivity contribution in [2.24, 2.45) is 16.7 Å². The van der Waals surface area contributed by atoms with Gasteiger partial charge in [0, 0.05) is 12.2 Å². The lowest BCUT2D eigenvalue weighted by molar-refractivity contribution is 0.287. The summed E-state index contributed by atoms with van der Waals surface area (Å²) in [6.45, 7) is 13.1. The highest BCUT2D eigenvalue weighted by molar-refractivity contribution is 5.42. The van der Waals surface area contributed by atoms with Crippen LogP contribution >= 0.6 is 0 Å². The van der Waals surface area contributed by atoms with Crippen molar-refractivity contribution in [1.82, 2.24) is 0 Å². The van der Waals surface area contributed by atoms with Crippen LogP contribution in [0.4, 0.5) is 5.69 Å². The predicted octanol–water partition coefficient (Wildman–Crippen LogP) is 9.15. The van der Waals surface area contributed by atoms with E-state index in [-0.39, 0.29) is 0 Å². The lowest BCUT2D eigenvalue weighted by Crippen LogP contribution is -2.17. The van der Waals surface area contributed by atoms with Gasteiger partial charge in [0.25, 0.3) is 0 Å². The Labute approximate surface area is 193 Å². The number of rotatable bonds is 15. The SMILES string of the molecule is CCC(C)(C)CCCC(CCCCC(C)(C)Cc1ccccc1)CNc1ccccc1. The molecule has 0 fully saturated rings. The monoisotopic (exact) mass is 421 g/mol. The smallest absolute Gasteiger partial charge is 0.0340 e. The minimum Gasteiger partial charge on any atom is -0.385 e. The molecule has 1 unspecified atom stereocenters. The Balaban J connectivity index is 1.78. The first-order valence-corrected chi connectivity index (χ1v) is 12.6. The fourth-order valence-electron chi connectivity index (χ4n) is 4.49. The molecular weight excluding hydrogens is 374 g/mol. The van der Waals surface area contributed by atoms with Gasteiger partial charge >= 0.3 is 0 Å². The Morgan fingerprint density at radius 3 is 1.94 bits per heavy atom. The van der Waals surface area contributed by atoms with Gasteiger partial charge in [0.1, 0.15) is 0 Å². The van der Waals surface area contributed by atoms with Gasteiger partial charge in [-0.1, -0.05) is 109 Å². The van der Waals surface area contributed by atoms with Crippen LogP contribution in [0.1, 0.15) is 91.5 Å². The van der Waals surface area contributed by atoms with E-state index in [1.165, 1.54) is 69.0 Å². The molecule has 172 valence electrons. The molecule has 0 saturated carbocycles. The van der Waals surface area contributed by atoms with E-state index in [4.69, 9.17) is 0 Å². The van der Waals surface area contributed by atoms with Gasteiger partial charge in [0.15, 0.2) is 0 Å². The molecule has 1 nitrogen and oxygen atoms in total. The molecule has 0 heterocycles. The Bertz CT molecular complexity index is 702. The zero-order valence-electron chi connectivity index (χ0n) is 20.9. The third kappa shape index (κ3) is 10.9. The first-order valence-electron chi connectivity index (χ1n) is 12.6. The first kappa shape index (κ1) is 25.5. The Morgan fingerprint density at radius 1 is 0.710 bits per heavy atom. The topological polar surface area (TPSA) is 12.0 Å². The zero-order valence-corrected chi connectivity index (χ0v) is 20.9. The summed E-state index contributed by atoms with van der Waals surface area (Å²) in [6, 6.07) is 21.7. The second-order valence-corrected chi connectivity index (χ2v) is 11.1. The van der Waals surface area contributed by atoms with Crippen molar-refractivity contribution in [3.8, 4) is 0 Å². The average Bonchev–Trinajstić information content (AvgIpc) is 2.75. The van der Waals surface area contributed by atoms with E-state index in [9.17, 15) is 0 Å². The first-order chi connectivity index (χ1) is 14.8. The second-order valence-electron chi connectivity index (χ2n) is 11.1. The predicted molar refractivity (Wildman–Crippen MR) is 139 cm³/mol. The van der Waals surface area contributed by atoms with Gasteiger partial charge in [-0.25, -0.2) is 0 Å². The number of nitrogens with one attached hydrogen (secondary N) is 1. The van der Waals surface area contributed by atoms with Crippen LogP contribution in [0.15, 0.2) is 60.7 Å². The van der Waals surface area contributed by atoms with Crippen molar-refractivity contribution >= 4 is 5.69 Å². The molecule has 1 N–H and O–H groups in total. The molecule has 0 aliphatic carbocycles. The third-order valence-corrected chi connectivity index (χ3v) is 7.03. The largest absolute Gasteiger partial charge is 0.385 e. The molecule has 0 aromatic heterocycles. The molecule has 2 aromatic rings. The van der Waals surface area contributed by atoms with E-state index in [0.717, 1.165) is 12.5 Å². The highest BCUT2D eigenvalue weighted by atomic mass is 14.9. The van der Waals surface area contributed by atoms with Crippen LogP contribution in [0.25, 0.3) is 0 Å². The Hall–Kier alpha value is -1.76. The summed E-state index contributed by atoms with van der Waals surface area (Å²) in [7, 11) is 0. The van der Waals surface area contributed by atoms with E-state index in [1.807, 2.05) is 0 Å². The molecule has 0 aliphatic rings. The van der Waals surface area contributed by atoms with Crippen LogP contribution in [0, 0.1) is 16.7 Å². The van der Waals surface area contributed by atoms with Crippen molar-refractivity contribution in [2.45, 2.75) is 92.4 Å². The maximum atomic E-state index is 3.70. The quantitative estimate of drug-likeness (QED) is 0.283. The van der Waals surface area contributed by atoms with Crippen molar-refractivity contribution in [3.63, 3.8) is 0 Å². The fraction of sp³-hybridized carbons (Fsp3) is 0.600. The third-order valence-electron chi connectivity index (χ3n) is 7.03. The maximum absolute atomic E-state index is 3.70. The van der Waals surface area contributed by atoms with Crippen LogP contribution in [0.3, 0.4) is 0 Å². The van der Waals surface area contributed by atoms with Gasteiger partial charge < -0.3 is 5.32 Å². The molecule has 31 heavy (non-hydrogen) atoms. The molecule has 1 heteroatoms. The summed E-state index contributed by atoms with van der Waals surface area (Å²) in [4.78, 5) is 0. The molecule has 0 radical (unpaired) electrons. The minimum absolute atomic E-state index is 0.379. The number of hydrogen-bond donors (Lipinski definition) is 1. The average molecular weight is 422 g/mol. The standard InChI is InChI=1S/C30H47N/c1-6-29(2,3)23-15-19-27(25-31-28-20-11-8-12-21-28)18-13-14-22-30(4,5)24-26-16-9-7-10-17-26/h7-12,16-17,20-21,27,31H,6,13-15,18-19,22-25H2,1-5H3. The zero-order chi connectivity index (χ0) is 22.6.